The van der Waals surface area contributed by atoms with Gasteiger partial charge in [-0.25, -0.2) is 0 Å². The third-order valence-corrected chi connectivity index (χ3v) is 5.52. The summed E-state index contributed by atoms with van der Waals surface area (Å²) in [6, 6.07) is 11.0. The maximum atomic E-state index is 12.6. The van der Waals surface area contributed by atoms with E-state index >= 15 is 0 Å². The van der Waals surface area contributed by atoms with Gasteiger partial charge in [-0.1, -0.05) is 6.07 Å². The number of hydrogen-bond acceptors (Lipinski definition) is 5. The second-order valence-electron chi connectivity index (χ2n) is 7.30. The van der Waals surface area contributed by atoms with Crippen LogP contribution in [0.4, 0.5) is 11.4 Å². The van der Waals surface area contributed by atoms with E-state index in [1.54, 1.807) is 6.07 Å². The summed E-state index contributed by atoms with van der Waals surface area (Å²) < 4.78 is 10.7. The molecule has 0 saturated carbocycles. The summed E-state index contributed by atoms with van der Waals surface area (Å²) in [5.41, 5.74) is 3.16. The van der Waals surface area contributed by atoms with Crippen molar-refractivity contribution < 1.29 is 19.1 Å². The molecule has 2 aromatic carbocycles. The summed E-state index contributed by atoms with van der Waals surface area (Å²) in [5.74, 6) is 1.25. The first-order valence-corrected chi connectivity index (χ1v) is 9.57. The minimum atomic E-state index is -0.185. The van der Waals surface area contributed by atoms with Gasteiger partial charge < -0.3 is 25.0 Å². The van der Waals surface area contributed by atoms with Crippen molar-refractivity contribution in [1.29, 1.82) is 0 Å². The predicted octanol–water partition coefficient (Wildman–Crippen LogP) is 2.66. The maximum Gasteiger partial charge on any atom is 0.251 e. The average Bonchev–Trinajstić information content (AvgIpc) is 3.20. The minimum absolute atomic E-state index is 0.0186. The first kappa shape index (κ1) is 16.9. The molecule has 3 heterocycles. The Morgan fingerprint density at radius 3 is 2.96 bits per heavy atom. The van der Waals surface area contributed by atoms with E-state index in [0.717, 1.165) is 42.8 Å². The van der Waals surface area contributed by atoms with Crippen molar-refractivity contribution in [2.45, 2.75) is 31.8 Å². The van der Waals surface area contributed by atoms with E-state index in [4.69, 9.17) is 9.47 Å². The molecule has 0 aliphatic carbocycles. The first-order valence-electron chi connectivity index (χ1n) is 9.57. The van der Waals surface area contributed by atoms with Crippen molar-refractivity contribution in [3.05, 3.63) is 47.5 Å². The highest BCUT2D eigenvalue weighted by Gasteiger charge is 2.34. The summed E-state index contributed by atoms with van der Waals surface area (Å²) in [7, 11) is 0. The third kappa shape index (κ3) is 2.93. The molecule has 1 saturated heterocycles. The predicted molar refractivity (Wildman–Crippen MR) is 104 cm³/mol. The molecule has 0 aromatic heterocycles. The van der Waals surface area contributed by atoms with Crippen molar-refractivity contribution in [2.75, 3.05) is 23.6 Å². The number of fused-ring (bicyclic) bond motifs is 4. The van der Waals surface area contributed by atoms with Gasteiger partial charge >= 0.3 is 0 Å². The van der Waals surface area contributed by atoms with Crippen molar-refractivity contribution in [1.82, 2.24) is 5.32 Å². The summed E-state index contributed by atoms with van der Waals surface area (Å²) >= 11 is 0. The summed E-state index contributed by atoms with van der Waals surface area (Å²) in [6.45, 7) is 1.48. The largest absolute Gasteiger partial charge is 0.454 e. The van der Waals surface area contributed by atoms with Crippen LogP contribution in [0.15, 0.2) is 36.4 Å². The van der Waals surface area contributed by atoms with Crippen LogP contribution in [-0.2, 0) is 11.3 Å². The number of hydrogen-bond donors (Lipinski definition) is 2. The molecule has 2 N–H and O–H groups in total. The zero-order valence-corrected chi connectivity index (χ0v) is 15.4. The molecule has 0 unspecified atom stereocenters. The summed E-state index contributed by atoms with van der Waals surface area (Å²) in [6.07, 6.45) is 3.04. The van der Waals surface area contributed by atoms with E-state index in [0.29, 0.717) is 23.5 Å². The Morgan fingerprint density at radius 2 is 2.04 bits per heavy atom. The van der Waals surface area contributed by atoms with Gasteiger partial charge in [0.1, 0.15) is 6.04 Å². The van der Waals surface area contributed by atoms with Crippen molar-refractivity contribution in [3.63, 3.8) is 0 Å². The number of rotatable bonds is 3. The molecular weight excluding hydrogens is 358 g/mol. The number of ether oxygens (including phenoxy) is 2. The van der Waals surface area contributed by atoms with Crippen LogP contribution in [0.25, 0.3) is 0 Å². The first-order chi connectivity index (χ1) is 13.7. The molecular formula is C21H21N3O4. The lowest BCUT2D eigenvalue weighted by molar-refractivity contribution is -0.118. The molecule has 3 aliphatic heterocycles. The van der Waals surface area contributed by atoms with Gasteiger partial charge in [-0.15, -0.1) is 0 Å². The number of amides is 2. The highest BCUT2D eigenvalue weighted by Crippen LogP contribution is 2.36. The van der Waals surface area contributed by atoms with Gasteiger partial charge in [0.2, 0.25) is 12.7 Å². The second-order valence-corrected chi connectivity index (χ2v) is 7.30. The fourth-order valence-corrected chi connectivity index (χ4v) is 4.07. The van der Waals surface area contributed by atoms with E-state index in [1.807, 2.05) is 30.3 Å². The number of carbonyl (C=O) groups is 2. The molecule has 0 radical (unpaired) electrons. The van der Waals surface area contributed by atoms with Crippen LogP contribution in [0.1, 0.15) is 35.2 Å². The van der Waals surface area contributed by atoms with Crippen LogP contribution in [0.2, 0.25) is 0 Å². The number of nitrogens with one attached hydrogen (secondary N) is 2. The van der Waals surface area contributed by atoms with Crippen LogP contribution in [0, 0.1) is 0 Å². The van der Waals surface area contributed by atoms with E-state index < -0.39 is 0 Å². The molecule has 1 fully saturated rings. The molecule has 2 aromatic rings. The number of anilines is 2. The highest BCUT2D eigenvalue weighted by molar-refractivity contribution is 6.05. The monoisotopic (exact) mass is 379 g/mol. The van der Waals surface area contributed by atoms with E-state index in [-0.39, 0.29) is 24.6 Å². The van der Waals surface area contributed by atoms with Gasteiger partial charge in [0.25, 0.3) is 5.91 Å². The van der Waals surface area contributed by atoms with Gasteiger partial charge in [-0.3, -0.25) is 9.59 Å². The fraction of sp³-hybridized carbons (Fsp3) is 0.333. The van der Waals surface area contributed by atoms with Gasteiger partial charge in [0.05, 0.1) is 11.4 Å². The van der Waals surface area contributed by atoms with Crippen LogP contribution in [-0.4, -0.2) is 31.2 Å². The minimum Gasteiger partial charge on any atom is -0.454 e. The van der Waals surface area contributed by atoms with Crippen LogP contribution < -0.4 is 25.0 Å². The number of benzene rings is 2. The van der Waals surface area contributed by atoms with E-state index in [1.165, 1.54) is 0 Å². The summed E-state index contributed by atoms with van der Waals surface area (Å²) in [5, 5.41) is 5.88. The van der Waals surface area contributed by atoms with E-state index in [2.05, 4.69) is 15.5 Å². The molecule has 7 heteroatoms. The van der Waals surface area contributed by atoms with Gasteiger partial charge in [-0.05, 0) is 55.2 Å². The maximum absolute atomic E-state index is 12.6. The van der Waals surface area contributed by atoms with E-state index in [9.17, 15) is 9.59 Å². The SMILES string of the molecule is O=C(NCc1ccc2c(c1)OCO2)c1ccc2c(c1)NC(=O)[C@H]1CCCCN21. The quantitative estimate of drug-likeness (QED) is 0.857. The Kier molecular flexibility index (Phi) is 4.07. The van der Waals surface area contributed by atoms with Crippen LogP contribution in [0.3, 0.4) is 0 Å². The number of piperidine rings is 1. The topological polar surface area (TPSA) is 79.9 Å². The Bertz CT molecular complexity index is 959. The number of carbonyl (C=O) groups excluding carboxylic acids is 2. The molecule has 3 aliphatic rings. The van der Waals surface area contributed by atoms with Crippen molar-refractivity contribution in [2.24, 2.45) is 0 Å². The molecule has 0 bridgehead atoms. The standard InChI is InChI=1S/C21H21N3O4/c25-20(22-11-13-4-7-18-19(9-13)28-12-27-18)14-5-6-16-15(10-14)23-21(26)17-3-1-2-8-24(16)17/h4-7,9-10,17H,1-3,8,11-12H2,(H,22,25)(H,23,26)/t17-/m1/s1. The Balaban J connectivity index is 1.31. The van der Waals surface area contributed by atoms with Crippen molar-refractivity contribution in [3.8, 4) is 11.5 Å². The second kappa shape index (κ2) is 6.74. The molecule has 0 spiro atoms. The Hall–Kier alpha value is -3.22. The van der Waals surface area contributed by atoms with Crippen molar-refractivity contribution >= 4 is 23.2 Å². The molecule has 2 amide bonds. The fourth-order valence-electron chi connectivity index (χ4n) is 4.07. The molecule has 28 heavy (non-hydrogen) atoms. The van der Waals surface area contributed by atoms with Gasteiger partial charge in [-0.2, -0.15) is 0 Å². The van der Waals surface area contributed by atoms with Crippen LogP contribution in [0.5, 0.6) is 11.5 Å². The smallest absolute Gasteiger partial charge is 0.251 e. The lowest BCUT2D eigenvalue weighted by Gasteiger charge is -2.41. The third-order valence-electron chi connectivity index (χ3n) is 5.52. The van der Waals surface area contributed by atoms with Gasteiger partial charge in [0, 0.05) is 18.7 Å². The lowest BCUT2D eigenvalue weighted by atomic mass is 9.97. The number of nitrogens with zero attached hydrogens (tertiary/aromatic N) is 1. The van der Waals surface area contributed by atoms with Crippen LogP contribution >= 0.6 is 0 Å². The molecule has 1 atom stereocenters. The summed E-state index contributed by atoms with van der Waals surface area (Å²) in [4.78, 5) is 27.2. The van der Waals surface area contributed by atoms with Gasteiger partial charge in [0.15, 0.2) is 11.5 Å². The average molecular weight is 379 g/mol. The molecule has 144 valence electrons. The Morgan fingerprint density at radius 1 is 1.14 bits per heavy atom. The highest BCUT2D eigenvalue weighted by atomic mass is 16.7. The lowest BCUT2D eigenvalue weighted by Crippen LogP contribution is -2.50. The molecule has 5 rings (SSSR count). The normalized spacial score (nSPS) is 19.5. The zero-order chi connectivity index (χ0) is 19.1. The zero-order valence-electron chi connectivity index (χ0n) is 15.4. The molecule has 7 nitrogen and oxygen atoms in total. The Labute approximate surface area is 162 Å².